The molecule has 2 heteroatoms. The van der Waals surface area contributed by atoms with Gasteiger partial charge in [-0.15, -0.1) is 0 Å². The first-order chi connectivity index (χ1) is 8.49. The molecule has 0 saturated carbocycles. The van der Waals surface area contributed by atoms with Gasteiger partial charge in [0.15, 0.2) is 0 Å². The topological polar surface area (TPSA) is 0 Å². The van der Waals surface area contributed by atoms with Crippen molar-refractivity contribution in [2.45, 2.75) is 26.7 Å². The Bertz CT molecular complexity index is 522. The monoisotopic (exact) mass is 366 g/mol. The molecule has 0 bridgehead atoms. The summed E-state index contributed by atoms with van der Waals surface area (Å²) in [6.45, 7) is 6.52. The van der Waals surface area contributed by atoms with Crippen molar-refractivity contribution in [2.75, 3.05) is 0 Å². The zero-order valence-electron chi connectivity index (χ0n) is 10.8. The third kappa shape index (κ3) is 2.86. The van der Waals surface area contributed by atoms with E-state index in [0.29, 0.717) is 5.92 Å². The van der Waals surface area contributed by atoms with E-state index in [1.807, 2.05) is 0 Å². The SMILES string of the molecule is Cc1cc(C(C)c2ccc(Br)c(C)c2)ccc1Br. The highest BCUT2D eigenvalue weighted by molar-refractivity contribution is 9.10. The Morgan fingerprint density at radius 1 is 0.778 bits per heavy atom. The number of hydrogen-bond donors (Lipinski definition) is 0. The summed E-state index contributed by atoms with van der Waals surface area (Å²) in [6, 6.07) is 13.2. The van der Waals surface area contributed by atoms with Crippen LogP contribution >= 0.6 is 31.9 Å². The third-order valence-corrected chi connectivity index (χ3v) is 5.14. The summed E-state index contributed by atoms with van der Waals surface area (Å²) in [5.41, 5.74) is 5.29. The second-order valence-electron chi connectivity index (χ2n) is 4.74. The van der Waals surface area contributed by atoms with Gasteiger partial charge in [-0.05, 0) is 48.2 Å². The van der Waals surface area contributed by atoms with Gasteiger partial charge in [0.25, 0.3) is 0 Å². The van der Waals surface area contributed by atoms with Crippen LogP contribution in [0.2, 0.25) is 0 Å². The fraction of sp³-hybridized carbons (Fsp3) is 0.250. The average Bonchev–Trinajstić information content (AvgIpc) is 2.35. The largest absolute Gasteiger partial charge is 0.0573 e. The molecule has 18 heavy (non-hydrogen) atoms. The molecule has 0 spiro atoms. The van der Waals surface area contributed by atoms with E-state index in [9.17, 15) is 0 Å². The highest BCUT2D eigenvalue weighted by atomic mass is 79.9. The van der Waals surface area contributed by atoms with Crippen molar-refractivity contribution in [1.82, 2.24) is 0 Å². The van der Waals surface area contributed by atoms with E-state index in [-0.39, 0.29) is 0 Å². The van der Waals surface area contributed by atoms with Gasteiger partial charge in [-0.25, -0.2) is 0 Å². The summed E-state index contributed by atoms with van der Waals surface area (Å²) < 4.78 is 2.34. The average molecular weight is 368 g/mol. The molecule has 0 aliphatic heterocycles. The molecule has 0 nitrogen and oxygen atoms in total. The highest BCUT2D eigenvalue weighted by Gasteiger charge is 2.10. The molecule has 2 aromatic carbocycles. The van der Waals surface area contributed by atoms with Gasteiger partial charge < -0.3 is 0 Å². The van der Waals surface area contributed by atoms with Gasteiger partial charge in [0.2, 0.25) is 0 Å². The van der Waals surface area contributed by atoms with Crippen molar-refractivity contribution >= 4 is 31.9 Å². The Labute approximate surface area is 126 Å². The van der Waals surface area contributed by atoms with E-state index in [4.69, 9.17) is 0 Å². The van der Waals surface area contributed by atoms with Crippen LogP contribution in [0.5, 0.6) is 0 Å². The minimum absolute atomic E-state index is 0.420. The fourth-order valence-corrected chi connectivity index (χ4v) is 2.56. The lowest BCUT2D eigenvalue weighted by Gasteiger charge is -2.15. The van der Waals surface area contributed by atoms with Gasteiger partial charge in [0.1, 0.15) is 0 Å². The van der Waals surface area contributed by atoms with Crippen LogP contribution in [0.25, 0.3) is 0 Å². The van der Waals surface area contributed by atoms with Crippen LogP contribution in [-0.2, 0) is 0 Å². The molecular formula is C16H16Br2. The summed E-state index contributed by atoms with van der Waals surface area (Å²) >= 11 is 7.10. The number of hydrogen-bond acceptors (Lipinski definition) is 0. The molecule has 0 aliphatic carbocycles. The van der Waals surface area contributed by atoms with E-state index >= 15 is 0 Å². The Kier molecular flexibility index (Phi) is 4.29. The van der Waals surface area contributed by atoms with E-state index in [0.717, 1.165) is 0 Å². The normalized spacial score (nSPS) is 11.0. The zero-order chi connectivity index (χ0) is 13.3. The molecule has 0 heterocycles. The summed E-state index contributed by atoms with van der Waals surface area (Å²) in [7, 11) is 0. The molecule has 0 atom stereocenters. The maximum atomic E-state index is 3.55. The van der Waals surface area contributed by atoms with E-state index < -0.39 is 0 Å². The molecule has 0 saturated heterocycles. The van der Waals surface area contributed by atoms with Crippen LogP contribution in [0.4, 0.5) is 0 Å². The van der Waals surface area contributed by atoms with Crippen molar-refractivity contribution in [3.05, 3.63) is 67.6 Å². The molecule has 0 N–H and O–H groups in total. The fourth-order valence-electron chi connectivity index (χ4n) is 2.07. The number of rotatable bonds is 2. The van der Waals surface area contributed by atoms with Crippen LogP contribution in [0.1, 0.15) is 35.1 Å². The molecule has 2 rings (SSSR count). The summed E-state index contributed by atoms with van der Waals surface area (Å²) in [4.78, 5) is 0. The first kappa shape index (κ1) is 13.8. The van der Waals surface area contributed by atoms with Crippen molar-refractivity contribution in [2.24, 2.45) is 0 Å². The van der Waals surface area contributed by atoms with Gasteiger partial charge in [0, 0.05) is 14.9 Å². The van der Waals surface area contributed by atoms with Gasteiger partial charge in [-0.3, -0.25) is 0 Å². The number of benzene rings is 2. The molecule has 0 amide bonds. The maximum absolute atomic E-state index is 3.55. The highest BCUT2D eigenvalue weighted by Crippen LogP contribution is 2.29. The van der Waals surface area contributed by atoms with Crippen molar-refractivity contribution in [1.29, 1.82) is 0 Å². The standard InChI is InChI=1S/C16H16Br2/c1-10-8-13(4-6-15(10)17)12(3)14-5-7-16(18)11(2)9-14/h4-9,12H,1-3H3. The predicted octanol–water partition coefficient (Wildman–Crippen LogP) is 5.98. The van der Waals surface area contributed by atoms with Crippen molar-refractivity contribution in [3.63, 3.8) is 0 Å². The molecule has 94 valence electrons. The molecule has 0 aromatic heterocycles. The minimum atomic E-state index is 0.420. The maximum Gasteiger partial charge on any atom is 0.0204 e. The van der Waals surface area contributed by atoms with E-state index in [1.165, 1.54) is 31.2 Å². The first-order valence-corrected chi connectivity index (χ1v) is 7.59. The lowest BCUT2D eigenvalue weighted by atomic mass is 9.91. The molecule has 0 aliphatic rings. The van der Waals surface area contributed by atoms with Crippen molar-refractivity contribution < 1.29 is 0 Å². The van der Waals surface area contributed by atoms with Crippen LogP contribution in [0.15, 0.2) is 45.3 Å². The van der Waals surface area contributed by atoms with Crippen LogP contribution < -0.4 is 0 Å². The first-order valence-electron chi connectivity index (χ1n) is 6.01. The van der Waals surface area contributed by atoms with Gasteiger partial charge in [-0.1, -0.05) is 63.0 Å². The summed E-state index contributed by atoms with van der Waals surface area (Å²) in [5, 5.41) is 0. The predicted molar refractivity (Wildman–Crippen MR) is 85.3 cm³/mol. The smallest absolute Gasteiger partial charge is 0.0204 e. The van der Waals surface area contributed by atoms with E-state index in [1.54, 1.807) is 0 Å². The molecule has 0 unspecified atom stereocenters. The third-order valence-electron chi connectivity index (χ3n) is 3.36. The number of halogens is 2. The lowest BCUT2D eigenvalue weighted by Crippen LogP contribution is -1.97. The summed E-state index contributed by atoms with van der Waals surface area (Å²) in [5.74, 6) is 0.420. The van der Waals surface area contributed by atoms with Gasteiger partial charge in [0.05, 0.1) is 0 Å². The van der Waals surface area contributed by atoms with Gasteiger partial charge in [-0.2, -0.15) is 0 Å². The quantitative estimate of drug-likeness (QED) is 0.612. The minimum Gasteiger partial charge on any atom is -0.0573 e. The Morgan fingerprint density at radius 2 is 1.17 bits per heavy atom. The van der Waals surface area contributed by atoms with Gasteiger partial charge >= 0.3 is 0 Å². The molecule has 0 radical (unpaired) electrons. The molecule has 0 fully saturated rings. The second-order valence-corrected chi connectivity index (χ2v) is 6.45. The zero-order valence-corrected chi connectivity index (χ0v) is 14.0. The molecule has 2 aromatic rings. The second kappa shape index (κ2) is 5.58. The van der Waals surface area contributed by atoms with Crippen molar-refractivity contribution in [3.8, 4) is 0 Å². The van der Waals surface area contributed by atoms with Crippen LogP contribution in [0, 0.1) is 13.8 Å². The Hall–Kier alpha value is -0.600. The lowest BCUT2D eigenvalue weighted by molar-refractivity contribution is 0.916. The van der Waals surface area contributed by atoms with E-state index in [2.05, 4.69) is 89.0 Å². The summed E-state index contributed by atoms with van der Waals surface area (Å²) in [6.07, 6.45) is 0. The molecular weight excluding hydrogens is 352 g/mol. The number of aryl methyl sites for hydroxylation is 2. The van der Waals surface area contributed by atoms with Crippen LogP contribution in [0.3, 0.4) is 0 Å². The van der Waals surface area contributed by atoms with Crippen LogP contribution in [-0.4, -0.2) is 0 Å². The Morgan fingerprint density at radius 3 is 1.50 bits per heavy atom. The Balaban J connectivity index is 2.37.